The molecule has 0 atom stereocenters. The highest BCUT2D eigenvalue weighted by molar-refractivity contribution is 7.90. The maximum absolute atomic E-state index is 13.5. The van der Waals surface area contributed by atoms with Crippen molar-refractivity contribution in [3.05, 3.63) is 35.6 Å². The first-order valence-electron chi connectivity index (χ1n) is 9.31. The van der Waals surface area contributed by atoms with Crippen molar-refractivity contribution in [3.8, 4) is 0 Å². The molecule has 0 aliphatic carbocycles. The molecule has 0 heterocycles. The largest absolute Gasteiger partial charge is 0.357 e. The molecule has 27 heavy (non-hydrogen) atoms. The van der Waals surface area contributed by atoms with Gasteiger partial charge in [0.15, 0.2) is 5.96 Å². The van der Waals surface area contributed by atoms with E-state index in [1.54, 1.807) is 12.1 Å². The van der Waals surface area contributed by atoms with Gasteiger partial charge in [-0.3, -0.25) is 4.99 Å². The Bertz CT molecular complexity index is 743. The van der Waals surface area contributed by atoms with Crippen molar-refractivity contribution < 1.29 is 12.8 Å². The van der Waals surface area contributed by atoms with Crippen LogP contribution in [-0.4, -0.2) is 46.0 Å². The fraction of sp³-hybridized carbons (Fsp3) is 0.650. The molecule has 1 rings (SSSR count). The van der Waals surface area contributed by atoms with Crippen LogP contribution in [0.3, 0.4) is 0 Å². The van der Waals surface area contributed by atoms with Gasteiger partial charge in [0.2, 0.25) is 0 Å². The summed E-state index contributed by atoms with van der Waals surface area (Å²) in [6, 6.07) is 6.64. The van der Waals surface area contributed by atoms with Gasteiger partial charge < -0.3 is 10.6 Å². The second-order valence-corrected chi connectivity index (χ2v) is 10.7. The lowest BCUT2D eigenvalue weighted by molar-refractivity contribution is 0.365. The lowest BCUT2D eigenvalue weighted by Gasteiger charge is -2.27. The summed E-state index contributed by atoms with van der Waals surface area (Å²) in [4.78, 5) is 4.63. The van der Waals surface area contributed by atoms with Crippen molar-refractivity contribution in [3.63, 3.8) is 0 Å². The smallest absolute Gasteiger partial charge is 0.191 e. The van der Waals surface area contributed by atoms with Crippen LogP contribution >= 0.6 is 0 Å². The van der Waals surface area contributed by atoms with Gasteiger partial charge in [0.05, 0.1) is 5.75 Å². The van der Waals surface area contributed by atoms with Crippen LogP contribution in [0.5, 0.6) is 0 Å². The number of benzene rings is 1. The lowest BCUT2D eigenvalue weighted by Crippen LogP contribution is -2.44. The van der Waals surface area contributed by atoms with E-state index in [-0.39, 0.29) is 22.4 Å². The fourth-order valence-electron chi connectivity index (χ4n) is 2.49. The molecule has 0 spiro atoms. The van der Waals surface area contributed by atoms with E-state index in [1.165, 1.54) is 12.3 Å². The first kappa shape index (κ1) is 23.4. The quantitative estimate of drug-likeness (QED) is 0.494. The standard InChI is InChI=1S/C20H34FN3O2S/c1-7-22-18(23-14-19(2,3)11-12-27(6,25)26)24-15-20(4,5)16-9-8-10-17(21)13-16/h8-10,13H,7,11-12,14-15H2,1-6H3,(H2,22,23,24). The Hall–Kier alpha value is -1.63. The number of nitrogens with one attached hydrogen (secondary N) is 2. The molecule has 1 aromatic rings. The maximum atomic E-state index is 13.5. The number of nitrogens with zero attached hydrogens (tertiary/aromatic N) is 1. The van der Waals surface area contributed by atoms with Gasteiger partial charge in [-0.1, -0.05) is 39.8 Å². The zero-order valence-corrected chi connectivity index (χ0v) is 18.2. The predicted molar refractivity (Wildman–Crippen MR) is 112 cm³/mol. The van der Waals surface area contributed by atoms with Gasteiger partial charge in [-0.2, -0.15) is 0 Å². The second kappa shape index (κ2) is 9.53. The predicted octanol–water partition coefficient (Wildman–Crippen LogP) is 3.12. The summed E-state index contributed by atoms with van der Waals surface area (Å²) in [6.07, 6.45) is 1.82. The first-order chi connectivity index (χ1) is 12.3. The highest BCUT2D eigenvalue weighted by atomic mass is 32.2. The minimum atomic E-state index is -2.98. The van der Waals surface area contributed by atoms with Crippen molar-refractivity contribution in [2.45, 2.75) is 46.5 Å². The summed E-state index contributed by atoms with van der Waals surface area (Å²) in [7, 11) is -2.98. The van der Waals surface area contributed by atoms with Gasteiger partial charge in [-0.05, 0) is 36.5 Å². The van der Waals surface area contributed by atoms with Gasteiger partial charge >= 0.3 is 0 Å². The molecule has 0 unspecified atom stereocenters. The molecule has 2 N–H and O–H groups in total. The number of rotatable bonds is 9. The molecule has 7 heteroatoms. The molecule has 0 saturated carbocycles. The summed E-state index contributed by atoms with van der Waals surface area (Å²) in [5.74, 6) is 0.592. The Morgan fingerprint density at radius 2 is 1.85 bits per heavy atom. The van der Waals surface area contributed by atoms with Crippen molar-refractivity contribution in [1.82, 2.24) is 10.6 Å². The van der Waals surface area contributed by atoms with Crippen LogP contribution in [0.1, 0.15) is 46.6 Å². The number of sulfone groups is 1. The first-order valence-corrected chi connectivity index (χ1v) is 11.4. The third-order valence-electron chi connectivity index (χ3n) is 4.46. The van der Waals surface area contributed by atoms with Crippen LogP contribution < -0.4 is 10.6 Å². The van der Waals surface area contributed by atoms with E-state index in [0.717, 1.165) is 12.1 Å². The van der Waals surface area contributed by atoms with Gasteiger partial charge in [-0.15, -0.1) is 0 Å². The number of guanidine groups is 1. The lowest BCUT2D eigenvalue weighted by atomic mass is 9.84. The third-order valence-corrected chi connectivity index (χ3v) is 5.41. The Balaban J connectivity index is 2.76. The summed E-state index contributed by atoms with van der Waals surface area (Å²) in [5, 5.41) is 6.53. The SMILES string of the molecule is CCNC(=NCC(C)(C)CCS(C)(=O)=O)NCC(C)(C)c1cccc(F)c1. The molecule has 0 amide bonds. The van der Waals surface area contributed by atoms with Crippen LogP contribution in [0.25, 0.3) is 0 Å². The van der Waals surface area contributed by atoms with E-state index >= 15 is 0 Å². The fourth-order valence-corrected chi connectivity index (χ4v) is 3.42. The van der Waals surface area contributed by atoms with Crippen LogP contribution in [-0.2, 0) is 15.3 Å². The zero-order chi connectivity index (χ0) is 20.7. The Labute approximate surface area is 163 Å². The molecule has 154 valence electrons. The van der Waals surface area contributed by atoms with Crippen LogP contribution in [0.15, 0.2) is 29.3 Å². The minimum Gasteiger partial charge on any atom is -0.357 e. The van der Waals surface area contributed by atoms with Crippen molar-refractivity contribution in [2.24, 2.45) is 10.4 Å². The Kier molecular flexibility index (Phi) is 8.26. The van der Waals surface area contributed by atoms with Gasteiger partial charge in [0, 0.05) is 31.3 Å². The van der Waals surface area contributed by atoms with Crippen LogP contribution in [0.2, 0.25) is 0 Å². The molecule has 0 radical (unpaired) electrons. The molecular formula is C20H34FN3O2S. The maximum Gasteiger partial charge on any atom is 0.191 e. The van der Waals surface area contributed by atoms with Crippen LogP contribution in [0, 0.1) is 11.2 Å². The van der Waals surface area contributed by atoms with Gasteiger partial charge in [0.1, 0.15) is 15.7 Å². The van der Waals surface area contributed by atoms with E-state index in [0.29, 0.717) is 25.5 Å². The average Bonchev–Trinajstić information content (AvgIpc) is 2.55. The number of aliphatic imine (C=N–C) groups is 1. The molecule has 5 nitrogen and oxygen atoms in total. The number of hydrogen-bond acceptors (Lipinski definition) is 3. The van der Waals surface area contributed by atoms with Crippen molar-refractivity contribution >= 4 is 15.8 Å². The summed E-state index contributed by atoms with van der Waals surface area (Å²) >= 11 is 0. The molecule has 0 aromatic heterocycles. The molecular weight excluding hydrogens is 365 g/mol. The van der Waals surface area contributed by atoms with Crippen LogP contribution in [0.4, 0.5) is 4.39 Å². The molecule has 0 bridgehead atoms. The highest BCUT2D eigenvalue weighted by Gasteiger charge is 2.23. The van der Waals surface area contributed by atoms with E-state index in [9.17, 15) is 12.8 Å². The monoisotopic (exact) mass is 399 g/mol. The molecule has 0 aliphatic heterocycles. The van der Waals surface area contributed by atoms with Gasteiger partial charge in [0.25, 0.3) is 0 Å². The van der Waals surface area contributed by atoms with E-state index < -0.39 is 9.84 Å². The second-order valence-electron chi connectivity index (χ2n) is 8.49. The third kappa shape index (κ3) is 9.22. The normalized spacial score (nSPS) is 13.5. The van der Waals surface area contributed by atoms with E-state index in [1.807, 2.05) is 40.7 Å². The molecule has 0 fully saturated rings. The average molecular weight is 400 g/mol. The Morgan fingerprint density at radius 1 is 1.19 bits per heavy atom. The van der Waals surface area contributed by atoms with Crippen molar-refractivity contribution in [2.75, 3.05) is 31.6 Å². The summed E-state index contributed by atoms with van der Waals surface area (Å²) in [5.41, 5.74) is 0.424. The molecule has 1 aromatic carbocycles. The highest BCUT2D eigenvalue weighted by Crippen LogP contribution is 2.23. The minimum absolute atomic E-state index is 0.159. The Morgan fingerprint density at radius 3 is 2.41 bits per heavy atom. The number of halogens is 1. The summed E-state index contributed by atoms with van der Waals surface area (Å²) < 4.78 is 36.3. The topological polar surface area (TPSA) is 70.6 Å². The summed E-state index contributed by atoms with van der Waals surface area (Å²) in [6.45, 7) is 11.9. The molecule has 0 saturated heterocycles. The zero-order valence-electron chi connectivity index (χ0n) is 17.4. The van der Waals surface area contributed by atoms with E-state index in [2.05, 4.69) is 15.6 Å². The van der Waals surface area contributed by atoms with Gasteiger partial charge in [-0.25, -0.2) is 12.8 Å². The number of hydrogen-bond donors (Lipinski definition) is 2. The molecule has 0 aliphatic rings. The van der Waals surface area contributed by atoms with Crippen molar-refractivity contribution in [1.29, 1.82) is 0 Å². The van der Waals surface area contributed by atoms with E-state index in [4.69, 9.17) is 0 Å².